The third-order valence-electron chi connectivity index (χ3n) is 5.06. The first kappa shape index (κ1) is 26.9. The first-order chi connectivity index (χ1) is 15.2. The highest BCUT2D eigenvalue weighted by atomic mass is 127. The van der Waals surface area contributed by atoms with Crippen molar-refractivity contribution in [1.82, 2.24) is 10.6 Å². The molecular formula is C24H33FIN3O2S. The average molecular weight is 574 g/mol. The number of benzene rings is 2. The minimum Gasteiger partial charge on any atom is -0.381 e. The second-order valence-corrected chi connectivity index (χ2v) is 8.62. The van der Waals surface area contributed by atoms with Crippen molar-refractivity contribution in [2.75, 3.05) is 32.6 Å². The molecule has 2 aromatic rings. The molecule has 176 valence electrons. The molecule has 0 saturated carbocycles. The topological polar surface area (TPSA) is 54.9 Å². The van der Waals surface area contributed by atoms with Gasteiger partial charge in [0.2, 0.25) is 0 Å². The van der Waals surface area contributed by atoms with Gasteiger partial charge in [0, 0.05) is 38.2 Å². The minimum atomic E-state index is -0.196. The Morgan fingerprint density at radius 2 is 1.75 bits per heavy atom. The van der Waals surface area contributed by atoms with Gasteiger partial charge in [-0.1, -0.05) is 24.3 Å². The van der Waals surface area contributed by atoms with Gasteiger partial charge in [0.05, 0.1) is 12.7 Å². The van der Waals surface area contributed by atoms with E-state index in [0.717, 1.165) is 55.6 Å². The number of hydrogen-bond donors (Lipinski definition) is 2. The average Bonchev–Trinajstić information content (AvgIpc) is 2.82. The highest BCUT2D eigenvalue weighted by Gasteiger charge is 2.13. The molecule has 1 aliphatic rings. The number of aliphatic imine (C=N–C) groups is 1. The molecule has 1 fully saturated rings. The van der Waals surface area contributed by atoms with Crippen LogP contribution in [0.25, 0.3) is 0 Å². The third kappa shape index (κ3) is 10.1. The molecule has 0 unspecified atom stereocenters. The van der Waals surface area contributed by atoms with E-state index in [2.05, 4.69) is 39.9 Å². The normalized spacial score (nSPS) is 14.6. The molecule has 0 aliphatic carbocycles. The molecule has 0 bridgehead atoms. The molecule has 1 aliphatic heterocycles. The molecule has 5 nitrogen and oxygen atoms in total. The fourth-order valence-electron chi connectivity index (χ4n) is 3.22. The van der Waals surface area contributed by atoms with Crippen LogP contribution in [-0.2, 0) is 22.6 Å². The standard InChI is InChI=1S/C24H32FN3O2S.HI/c1-26-24(27-13-2-16-31-23-9-7-21(25)8-10-23)28-17-19-3-5-20(6-4-19)18-30-22-11-14-29-15-12-22;/h3-10,22H,2,11-18H2,1H3,(H2,26,27,28);1H. The number of rotatable bonds is 10. The molecule has 8 heteroatoms. The van der Waals surface area contributed by atoms with Gasteiger partial charge < -0.3 is 20.1 Å². The number of thioether (sulfide) groups is 1. The van der Waals surface area contributed by atoms with Crippen molar-refractivity contribution in [3.8, 4) is 0 Å². The lowest BCUT2D eigenvalue weighted by molar-refractivity contribution is -0.0390. The summed E-state index contributed by atoms with van der Waals surface area (Å²) in [5.41, 5.74) is 2.39. The molecular weight excluding hydrogens is 540 g/mol. The Morgan fingerprint density at radius 1 is 1.06 bits per heavy atom. The van der Waals surface area contributed by atoms with Gasteiger partial charge in [-0.15, -0.1) is 35.7 Å². The molecule has 0 amide bonds. The van der Waals surface area contributed by atoms with Crippen molar-refractivity contribution in [1.29, 1.82) is 0 Å². The first-order valence-electron chi connectivity index (χ1n) is 10.8. The molecule has 3 rings (SSSR count). The van der Waals surface area contributed by atoms with E-state index in [0.29, 0.717) is 19.3 Å². The maximum Gasteiger partial charge on any atom is 0.191 e. The van der Waals surface area contributed by atoms with Gasteiger partial charge in [0.1, 0.15) is 5.82 Å². The van der Waals surface area contributed by atoms with E-state index < -0.39 is 0 Å². The molecule has 0 aromatic heterocycles. The lowest BCUT2D eigenvalue weighted by Gasteiger charge is -2.22. The van der Waals surface area contributed by atoms with Gasteiger partial charge in [-0.2, -0.15) is 0 Å². The number of guanidine groups is 1. The second kappa shape index (κ2) is 15.5. The fraction of sp³-hybridized carbons (Fsp3) is 0.458. The maximum absolute atomic E-state index is 12.9. The zero-order valence-electron chi connectivity index (χ0n) is 18.5. The van der Waals surface area contributed by atoms with Gasteiger partial charge in [-0.3, -0.25) is 4.99 Å². The highest BCUT2D eigenvalue weighted by molar-refractivity contribution is 14.0. The summed E-state index contributed by atoms with van der Waals surface area (Å²) in [6, 6.07) is 15.1. The molecule has 0 spiro atoms. The van der Waals surface area contributed by atoms with Crippen molar-refractivity contribution < 1.29 is 13.9 Å². The van der Waals surface area contributed by atoms with Gasteiger partial charge in [0.25, 0.3) is 0 Å². The molecule has 1 heterocycles. The summed E-state index contributed by atoms with van der Waals surface area (Å²) < 4.78 is 24.3. The Bertz CT molecular complexity index is 800. The van der Waals surface area contributed by atoms with Crippen LogP contribution < -0.4 is 10.6 Å². The fourth-order valence-corrected chi connectivity index (χ4v) is 4.07. The summed E-state index contributed by atoms with van der Waals surface area (Å²) in [7, 11) is 1.78. The van der Waals surface area contributed by atoms with E-state index in [4.69, 9.17) is 9.47 Å². The van der Waals surface area contributed by atoms with Crippen molar-refractivity contribution in [2.24, 2.45) is 4.99 Å². The summed E-state index contributed by atoms with van der Waals surface area (Å²) in [6.07, 6.45) is 3.28. The molecule has 0 atom stereocenters. The quantitative estimate of drug-likeness (QED) is 0.138. The number of hydrogen-bond acceptors (Lipinski definition) is 4. The Balaban J connectivity index is 0.00000363. The summed E-state index contributed by atoms with van der Waals surface area (Å²) in [6.45, 7) is 3.80. The summed E-state index contributed by atoms with van der Waals surface area (Å²) in [5, 5.41) is 6.69. The van der Waals surface area contributed by atoms with Crippen LogP contribution in [0, 0.1) is 5.82 Å². The zero-order chi connectivity index (χ0) is 21.7. The number of halogens is 2. The predicted octanol–water partition coefficient (Wildman–Crippen LogP) is 4.99. The smallest absolute Gasteiger partial charge is 0.191 e. The Kier molecular flexibility index (Phi) is 13.0. The van der Waals surface area contributed by atoms with Crippen LogP contribution in [0.15, 0.2) is 58.4 Å². The SMILES string of the molecule is CN=C(NCCCSc1ccc(F)cc1)NCc1ccc(COC2CCOCC2)cc1.I. The van der Waals surface area contributed by atoms with Crippen LogP contribution in [0.2, 0.25) is 0 Å². The highest BCUT2D eigenvalue weighted by Crippen LogP contribution is 2.18. The Labute approximate surface area is 212 Å². The summed E-state index contributed by atoms with van der Waals surface area (Å²) in [5.74, 6) is 1.56. The third-order valence-corrected chi connectivity index (χ3v) is 6.15. The van der Waals surface area contributed by atoms with Crippen molar-refractivity contribution in [2.45, 2.75) is 43.4 Å². The predicted molar refractivity (Wildman–Crippen MR) is 140 cm³/mol. The van der Waals surface area contributed by atoms with Gasteiger partial charge >= 0.3 is 0 Å². The largest absolute Gasteiger partial charge is 0.381 e. The van der Waals surface area contributed by atoms with Gasteiger partial charge in [-0.05, 0) is 60.4 Å². The maximum atomic E-state index is 12.9. The van der Waals surface area contributed by atoms with Crippen LogP contribution in [-0.4, -0.2) is 44.6 Å². The van der Waals surface area contributed by atoms with Crippen LogP contribution in [0.1, 0.15) is 30.4 Å². The number of nitrogens with zero attached hydrogens (tertiary/aromatic N) is 1. The summed E-state index contributed by atoms with van der Waals surface area (Å²) in [4.78, 5) is 5.37. The second-order valence-electron chi connectivity index (χ2n) is 7.45. The molecule has 0 radical (unpaired) electrons. The van der Waals surface area contributed by atoms with E-state index >= 15 is 0 Å². The zero-order valence-corrected chi connectivity index (χ0v) is 21.7. The van der Waals surface area contributed by atoms with Crippen molar-refractivity contribution >= 4 is 41.7 Å². The number of ether oxygens (including phenoxy) is 2. The Hall–Kier alpha value is -1.36. The van der Waals surface area contributed by atoms with Crippen molar-refractivity contribution in [3.63, 3.8) is 0 Å². The van der Waals surface area contributed by atoms with Crippen LogP contribution >= 0.6 is 35.7 Å². The number of nitrogens with one attached hydrogen (secondary N) is 2. The lowest BCUT2D eigenvalue weighted by atomic mass is 10.1. The van der Waals surface area contributed by atoms with E-state index in [1.165, 1.54) is 23.3 Å². The summed E-state index contributed by atoms with van der Waals surface area (Å²) >= 11 is 1.73. The molecule has 1 saturated heterocycles. The monoisotopic (exact) mass is 573 g/mol. The van der Waals surface area contributed by atoms with Crippen LogP contribution in [0.4, 0.5) is 4.39 Å². The lowest BCUT2D eigenvalue weighted by Crippen LogP contribution is -2.37. The molecule has 2 N–H and O–H groups in total. The minimum absolute atomic E-state index is 0. The van der Waals surface area contributed by atoms with E-state index in [-0.39, 0.29) is 29.8 Å². The molecule has 32 heavy (non-hydrogen) atoms. The Morgan fingerprint density at radius 3 is 2.44 bits per heavy atom. The van der Waals surface area contributed by atoms with Gasteiger partial charge in [0.15, 0.2) is 5.96 Å². The van der Waals surface area contributed by atoms with E-state index in [1.54, 1.807) is 18.8 Å². The van der Waals surface area contributed by atoms with Crippen LogP contribution in [0.3, 0.4) is 0 Å². The van der Waals surface area contributed by atoms with Crippen molar-refractivity contribution in [3.05, 3.63) is 65.5 Å². The molecule has 2 aromatic carbocycles. The van der Waals surface area contributed by atoms with Gasteiger partial charge in [-0.25, -0.2) is 4.39 Å². The van der Waals surface area contributed by atoms with Crippen LogP contribution in [0.5, 0.6) is 0 Å². The van der Waals surface area contributed by atoms with E-state index in [1.807, 2.05) is 12.1 Å². The first-order valence-corrected chi connectivity index (χ1v) is 11.8. The van der Waals surface area contributed by atoms with E-state index in [9.17, 15) is 4.39 Å².